The molecule has 0 spiro atoms. The van der Waals surface area contributed by atoms with E-state index >= 15 is 0 Å². The molecular formula is C14H30N2O. The van der Waals surface area contributed by atoms with Crippen LogP contribution in [0, 0.1) is 5.92 Å². The number of morpholine rings is 1. The number of hydrogen-bond donors (Lipinski definition) is 1. The van der Waals surface area contributed by atoms with Crippen LogP contribution in [0.4, 0.5) is 0 Å². The summed E-state index contributed by atoms with van der Waals surface area (Å²) in [7, 11) is 0. The molecule has 0 aromatic rings. The molecule has 1 heterocycles. The zero-order valence-corrected chi connectivity index (χ0v) is 11.9. The molecule has 0 bridgehead atoms. The van der Waals surface area contributed by atoms with E-state index in [1.54, 1.807) is 0 Å². The van der Waals surface area contributed by atoms with E-state index in [4.69, 9.17) is 4.74 Å². The average molecular weight is 242 g/mol. The van der Waals surface area contributed by atoms with Crippen molar-refractivity contribution in [1.29, 1.82) is 0 Å². The quantitative estimate of drug-likeness (QED) is 0.660. The molecular weight excluding hydrogens is 212 g/mol. The Hall–Kier alpha value is -0.120. The zero-order valence-electron chi connectivity index (χ0n) is 11.9. The van der Waals surface area contributed by atoms with Gasteiger partial charge in [0.1, 0.15) is 0 Å². The lowest BCUT2D eigenvalue weighted by Crippen LogP contribution is -2.44. The van der Waals surface area contributed by atoms with E-state index in [0.29, 0.717) is 6.10 Å². The summed E-state index contributed by atoms with van der Waals surface area (Å²) in [5, 5.41) is 3.54. The van der Waals surface area contributed by atoms with Crippen molar-refractivity contribution in [2.75, 3.05) is 39.3 Å². The Morgan fingerprint density at radius 3 is 2.88 bits per heavy atom. The molecule has 1 aliphatic rings. The second kappa shape index (κ2) is 8.90. The molecule has 0 aliphatic carbocycles. The summed E-state index contributed by atoms with van der Waals surface area (Å²) >= 11 is 0. The monoisotopic (exact) mass is 242 g/mol. The first kappa shape index (κ1) is 14.9. The third-order valence-corrected chi connectivity index (χ3v) is 3.42. The molecule has 0 aromatic carbocycles. The molecule has 1 aliphatic heterocycles. The molecule has 0 amide bonds. The second-order valence-corrected chi connectivity index (χ2v) is 5.49. The second-order valence-electron chi connectivity index (χ2n) is 5.49. The van der Waals surface area contributed by atoms with Crippen LogP contribution in [0.2, 0.25) is 0 Å². The summed E-state index contributed by atoms with van der Waals surface area (Å²) in [6.45, 7) is 13.4. The van der Waals surface area contributed by atoms with Gasteiger partial charge >= 0.3 is 0 Å². The Labute approximate surface area is 107 Å². The van der Waals surface area contributed by atoms with Crippen LogP contribution in [0.5, 0.6) is 0 Å². The minimum absolute atomic E-state index is 0.463. The van der Waals surface area contributed by atoms with Gasteiger partial charge in [-0.1, -0.05) is 20.8 Å². The van der Waals surface area contributed by atoms with Crippen molar-refractivity contribution in [1.82, 2.24) is 10.2 Å². The van der Waals surface area contributed by atoms with E-state index in [1.807, 2.05) is 0 Å². The SMILES string of the molecule is CCC1CN(CCNCCCC(C)C)CCO1. The maximum absolute atomic E-state index is 5.67. The summed E-state index contributed by atoms with van der Waals surface area (Å²) < 4.78 is 5.67. The minimum Gasteiger partial charge on any atom is -0.376 e. The van der Waals surface area contributed by atoms with Gasteiger partial charge in [0.2, 0.25) is 0 Å². The number of ether oxygens (including phenoxy) is 1. The van der Waals surface area contributed by atoms with Crippen LogP contribution in [0.1, 0.15) is 40.0 Å². The van der Waals surface area contributed by atoms with Crippen LogP contribution in [-0.2, 0) is 4.74 Å². The van der Waals surface area contributed by atoms with E-state index in [0.717, 1.165) is 38.6 Å². The predicted octanol–water partition coefficient (Wildman–Crippen LogP) is 2.12. The van der Waals surface area contributed by atoms with Crippen molar-refractivity contribution >= 4 is 0 Å². The first-order valence-corrected chi connectivity index (χ1v) is 7.27. The molecule has 102 valence electrons. The summed E-state index contributed by atoms with van der Waals surface area (Å²) in [5.74, 6) is 0.835. The zero-order chi connectivity index (χ0) is 12.5. The van der Waals surface area contributed by atoms with Gasteiger partial charge in [0, 0.05) is 26.2 Å². The fraction of sp³-hybridized carbons (Fsp3) is 1.00. The fourth-order valence-electron chi connectivity index (χ4n) is 2.23. The number of hydrogen-bond acceptors (Lipinski definition) is 3. The van der Waals surface area contributed by atoms with Gasteiger partial charge in [0.25, 0.3) is 0 Å². The van der Waals surface area contributed by atoms with Crippen molar-refractivity contribution in [3.63, 3.8) is 0 Å². The molecule has 1 saturated heterocycles. The Morgan fingerprint density at radius 1 is 1.35 bits per heavy atom. The molecule has 0 saturated carbocycles. The van der Waals surface area contributed by atoms with Crippen LogP contribution in [-0.4, -0.2) is 50.3 Å². The summed E-state index contributed by atoms with van der Waals surface area (Å²) in [6, 6.07) is 0. The third kappa shape index (κ3) is 7.02. The third-order valence-electron chi connectivity index (χ3n) is 3.42. The maximum atomic E-state index is 5.67. The van der Waals surface area contributed by atoms with Crippen molar-refractivity contribution in [3.05, 3.63) is 0 Å². The largest absolute Gasteiger partial charge is 0.376 e. The highest BCUT2D eigenvalue weighted by molar-refractivity contribution is 4.70. The van der Waals surface area contributed by atoms with Gasteiger partial charge in [-0.2, -0.15) is 0 Å². The molecule has 0 aromatic heterocycles. The van der Waals surface area contributed by atoms with Gasteiger partial charge in [0.15, 0.2) is 0 Å². The van der Waals surface area contributed by atoms with E-state index in [9.17, 15) is 0 Å². The molecule has 1 fully saturated rings. The molecule has 17 heavy (non-hydrogen) atoms. The van der Waals surface area contributed by atoms with Crippen molar-refractivity contribution in [3.8, 4) is 0 Å². The first-order chi connectivity index (χ1) is 8.22. The smallest absolute Gasteiger partial charge is 0.0700 e. The molecule has 1 unspecified atom stereocenters. The molecule has 0 radical (unpaired) electrons. The van der Waals surface area contributed by atoms with E-state index < -0.39 is 0 Å². The van der Waals surface area contributed by atoms with E-state index in [2.05, 4.69) is 31.0 Å². The highest BCUT2D eigenvalue weighted by Gasteiger charge is 2.17. The number of nitrogens with zero attached hydrogens (tertiary/aromatic N) is 1. The fourth-order valence-corrected chi connectivity index (χ4v) is 2.23. The molecule has 3 heteroatoms. The Morgan fingerprint density at radius 2 is 2.18 bits per heavy atom. The topological polar surface area (TPSA) is 24.5 Å². The standard InChI is InChI=1S/C14H30N2O/c1-4-14-12-16(10-11-17-14)9-8-15-7-5-6-13(2)3/h13-15H,4-12H2,1-3H3. The Balaban J connectivity index is 1.95. The van der Waals surface area contributed by atoms with Crippen molar-refractivity contribution in [2.24, 2.45) is 5.92 Å². The van der Waals surface area contributed by atoms with Crippen LogP contribution >= 0.6 is 0 Å². The lowest BCUT2D eigenvalue weighted by Gasteiger charge is -2.32. The highest BCUT2D eigenvalue weighted by Crippen LogP contribution is 2.07. The molecule has 1 atom stereocenters. The maximum Gasteiger partial charge on any atom is 0.0700 e. The lowest BCUT2D eigenvalue weighted by molar-refractivity contribution is -0.0290. The first-order valence-electron chi connectivity index (χ1n) is 7.27. The van der Waals surface area contributed by atoms with Crippen LogP contribution in [0.25, 0.3) is 0 Å². The number of nitrogens with one attached hydrogen (secondary N) is 1. The van der Waals surface area contributed by atoms with Gasteiger partial charge in [-0.3, -0.25) is 4.90 Å². The van der Waals surface area contributed by atoms with Crippen molar-refractivity contribution in [2.45, 2.75) is 46.1 Å². The van der Waals surface area contributed by atoms with Gasteiger partial charge in [-0.05, 0) is 31.7 Å². The van der Waals surface area contributed by atoms with Crippen molar-refractivity contribution < 1.29 is 4.74 Å². The van der Waals surface area contributed by atoms with Crippen LogP contribution in [0.15, 0.2) is 0 Å². The normalized spacial score (nSPS) is 22.2. The lowest BCUT2D eigenvalue weighted by atomic mass is 10.1. The van der Waals surface area contributed by atoms with Gasteiger partial charge in [0.05, 0.1) is 12.7 Å². The average Bonchev–Trinajstić information content (AvgIpc) is 2.33. The van der Waals surface area contributed by atoms with Gasteiger partial charge in [-0.25, -0.2) is 0 Å². The van der Waals surface area contributed by atoms with E-state index in [1.165, 1.54) is 25.9 Å². The molecule has 3 nitrogen and oxygen atoms in total. The van der Waals surface area contributed by atoms with Crippen LogP contribution in [0.3, 0.4) is 0 Å². The summed E-state index contributed by atoms with van der Waals surface area (Å²) in [4.78, 5) is 2.52. The Kier molecular flexibility index (Phi) is 7.82. The van der Waals surface area contributed by atoms with E-state index in [-0.39, 0.29) is 0 Å². The number of rotatable bonds is 8. The minimum atomic E-state index is 0.463. The van der Waals surface area contributed by atoms with Crippen LogP contribution < -0.4 is 5.32 Å². The van der Waals surface area contributed by atoms with Gasteiger partial charge in [-0.15, -0.1) is 0 Å². The highest BCUT2D eigenvalue weighted by atomic mass is 16.5. The predicted molar refractivity (Wildman–Crippen MR) is 73.4 cm³/mol. The molecule has 1 N–H and O–H groups in total. The summed E-state index contributed by atoms with van der Waals surface area (Å²) in [6.07, 6.45) is 4.24. The molecule has 1 rings (SSSR count). The Bertz CT molecular complexity index is 185. The summed E-state index contributed by atoms with van der Waals surface area (Å²) in [5.41, 5.74) is 0. The van der Waals surface area contributed by atoms with Gasteiger partial charge < -0.3 is 10.1 Å².